The molecular formula is C15H25N5O. The van der Waals surface area contributed by atoms with Gasteiger partial charge < -0.3 is 9.80 Å². The Morgan fingerprint density at radius 1 is 1.29 bits per heavy atom. The van der Waals surface area contributed by atoms with Crippen molar-refractivity contribution < 1.29 is 4.79 Å². The third kappa shape index (κ3) is 2.82. The SMILES string of the molecule is CCN1CCN(C2CN(C(=O)c3cc(C)n(C)n3)C2)CC1. The van der Waals surface area contributed by atoms with Crippen molar-refractivity contribution in [1.82, 2.24) is 24.5 Å². The molecule has 6 heteroatoms. The monoisotopic (exact) mass is 291 g/mol. The Morgan fingerprint density at radius 3 is 2.48 bits per heavy atom. The summed E-state index contributed by atoms with van der Waals surface area (Å²) in [4.78, 5) is 19.3. The number of aromatic nitrogens is 2. The molecule has 0 N–H and O–H groups in total. The molecule has 2 aliphatic rings. The molecule has 0 bridgehead atoms. The first-order valence-electron chi connectivity index (χ1n) is 7.84. The Balaban J connectivity index is 1.50. The van der Waals surface area contributed by atoms with E-state index in [-0.39, 0.29) is 5.91 Å². The lowest BCUT2D eigenvalue weighted by molar-refractivity contribution is 0.00803. The summed E-state index contributed by atoms with van der Waals surface area (Å²) in [5.74, 6) is 0.0714. The maximum Gasteiger partial charge on any atom is 0.274 e. The lowest BCUT2D eigenvalue weighted by Crippen LogP contribution is -2.64. The summed E-state index contributed by atoms with van der Waals surface area (Å²) in [5, 5.41) is 4.28. The minimum absolute atomic E-state index is 0.0714. The zero-order valence-corrected chi connectivity index (χ0v) is 13.2. The Morgan fingerprint density at radius 2 is 1.95 bits per heavy atom. The summed E-state index contributed by atoms with van der Waals surface area (Å²) in [6, 6.07) is 2.41. The summed E-state index contributed by atoms with van der Waals surface area (Å²) in [6.07, 6.45) is 0. The van der Waals surface area contributed by atoms with Crippen LogP contribution in [0.5, 0.6) is 0 Å². The highest BCUT2D eigenvalue weighted by atomic mass is 16.2. The van der Waals surface area contributed by atoms with E-state index in [9.17, 15) is 4.79 Å². The molecule has 21 heavy (non-hydrogen) atoms. The van der Waals surface area contributed by atoms with Gasteiger partial charge in [-0.1, -0.05) is 6.92 Å². The second kappa shape index (κ2) is 5.77. The van der Waals surface area contributed by atoms with E-state index in [1.165, 1.54) is 0 Å². The van der Waals surface area contributed by atoms with Gasteiger partial charge in [-0.2, -0.15) is 5.10 Å². The van der Waals surface area contributed by atoms with E-state index in [0.717, 1.165) is 51.5 Å². The Hall–Kier alpha value is -1.40. The fourth-order valence-electron chi connectivity index (χ4n) is 3.12. The minimum atomic E-state index is 0.0714. The van der Waals surface area contributed by atoms with Gasteiger partial charge in [0.25, 0.3) is 5.91 Å². The van der Waals surface area contributed by atoms with Crippen molar-refractivity contribution in [2.24, 2.45) is 7.05 Å². The quantitative estimate of drug-likeness (QED) is 0.797. The van der Waals surface area contributed by atoms with E-state index in [1.54, 1.807) is 4.68 Å². The number of hydrogen-bond acceptors (Lipinski definition) is 4. The van der Waals surface area contributed by atoms with Gasteiger partial charge >= 0.3 is 0 Å². The van der Waals surface area contributed by atoms with Crippen LogP contribution in [0.25, 0.3) is 0 Å². The van der Waals surface area contributed by atoms with Crippen LogP contribution in [0.4, 0.5) is 0 Å². The number of amides is 1. The number of aryl methyl sites for hydroxylation is 2. The number of hydrogen-bond donors (Lipinski definition) is 0. The molecule has 6 nitrogen and oxygen atoms in total. The van der Waals surface area contributed by atoms with Gasteiger partial charge in [-0.25, -0.2) is 0 Å². The van der Waals surface area contributed by atoms with Crippen LogP contribution in [0.1, 0.15) is 23.1 Å². The van der Waals surface area contributed by atoms with Gasteiger partial charge in [0.1, 0.15) is 0 Å². The molecule has 1 amide bonds. The van der Waals surface area contributed by atoms with Crippen molar-refractivity contribution >= 4 is 5.91 Å². The number of nitrogens with zero attached hydrogens (tertiary/aromatic N) is 5. The fourth-order valence-corrected chi connectivity index (χ4v) is 3.12. The Bertz CT molecular complexity index is 493. The molecule has 3 rings (SSSR count). The molecule has 1 aromatic heterocycles. The Kier molecular flexibility index (Phi) is 3.99. The van der Waals surface area contributed by atoms with Crippen LogP contribution in [-0.2, 0) is 7.05 Å². The standard InChI is InChI=1S/C15H25N5O/c1-4-18-5-7-19(8-6-18)13-10-20(11-13)15(21)14-9-12(2)17(3)16-14/h9,13H,4-8,10-11H2,1-3H3. The average Bonchev–Trinajstić information content (AvgIpc) is 2.78. The van der Waals surface area contributed by atoms with E-state index in [0.29, 0.717) is 11.7 Å². The van der Waals surface area contributed by atoms with Gasteiger partial charge in [0.2, 0.25) is 0 Å². The van der Waals surface area contributed by atoms with E-state index in [2.05, 4.69) is 21.8 Å². The third-order valence-corrected chi connectivity index (χ3v) is 4.85. The number of carbonyl (C=O) groups excluding carboxylic acids is 1. The van der Waals surface area contributed by atoms with Crippen LogP contribution in [-0.4, -0.2) is 82.2 Å². The van der Waals surface area contributed by atoms with Crippen LogP contribution in [0.2, 0.25) is 0 Å². The predicted octanol–water partition coefficient (Wildman–Crippen LogP) is 0.190. The minimum Gasteiger partial charge on any atom is -0.334 e. The summed E-state index contributed by atoms with van der Waals surface area (Å²) in [6.45, 7) is 11.6. The number of piperazine rings is 1. The second-order valence-corrected chi connectivity index (χ2v) is 6.13. The molecule has 0 saturated carbocycles. The summed E-state index contributed by atoms with van der Waals surface area (Å²) in [5.41, 5.74) is 1.59. The van der Waals surface area contributed by atoms with E-state index < -0.39 is 0 Å². The highest BCUT2D eigenvalue weighted by molar-refractivity contribution is 5.93. The second-order valence-electron chi connectivity index (χ2n) is 6.13. The van der Waals surface area contributed by atoms with Crippen LogP contribution < -0.4 is 0 Å². The van der Waals surface area contributed by atoms with Gasteiger partial charge in [0, 0.05) is 58.1 Å². The molecular weight excluding hydrogens is 266 g/mol. The van der Waals surface area contributed by atoms with Gasteiger partial charge in [0.15, 0.2) is 5.69 Å². The highest BCUT2D eigenvalue weighted by Gasteiger charge is 2.36. The maximum absolute atomic E-state index is 12.3. The van der Waals surface area contributed by atoms with Crippen molar-refractivity contribution in [2.45, 2.75) is 19.9 Å². The van der Waals surface area contributed by atoms with Crippen molar-refractivity contribution in [2.75, 3.05) is 45.8 Å². The topological polar surface area (TPSA) is 44.6 Å². The molecule has 2 saturated heterocycles. The van der Waals surface area contributed by atoms with Crippen molar-refractivity contribution in [3.63, 3.8) is 0 Å². The molecule has 1 aromatic rings. The van der Waals surface area contributed by atoms with Gasteiger partial charge in [-0.05, 0) is 19.5 Å². The highest BCUT2D eigenvalue weighted by Crippen LogP contribution is 2.19. The van der Waals surface area contributed by atoms with Crippen LogP contribution >= 0.6 is 0 Å². The van der Waals surface area contributed by atoms with Crippen molar-refractivity contribution in [3.05, 3.63) is 17.5 Å². The summed E-state index contributed by atoms with van der Waals surface area (Å²) >= 11 is 0. The first-order chi connectivity index (χ1) is 10.1. The smallest absolute Gasteiger partial charge is 0.274 e. The van der Waals surface area contributed by atoms with Crippen LogP contribution in [0.3, 0.4) is 0 Å². The van der Waals surface area contributed by atoms with Crippen LogP contribution in [0, 0.1) is 6.92 Å². The van der Waals surface area contributed by atoms with Crippen molar-refractivity contribution in [3.8, 4) is 0 Å². The van der Waals surface area contributed by atoms with E-state index in [4.69, 9.17) is 0 Å². The normalized spacial score (nSPS) is 21.6. The molecule has 2 fully saturated rings. The van der Waals surface area contributed by atoms with E-state index in [1.807, 2.05) is 24.9 Å². The number of rotatable bonds is 3. The molecule has 3 heterocycles. The number of likely N-dealkylation sites (tertiary alicyclic amines) is 1. The van der Waals surface area contributed by atoms with Gasteiger partial charge in [-0.3, -0.25) is 14.4 Å². The van der Waals surface area contributed by atoms with E-state index >= 15 is 0 Å². The summed E-state index contributed by atoms with van der Waals surface area (Å²) < 4.78 is 1.76. The zero-order valence-electron chi connectivity index (χ0n) is 13.2. The lowest BCUT2D eigenvalue weighted by atomic mass is 10.1. The molecule has 0 atom stereocenters. The average molecular weight is 291 g/mol. The third-order valence-electron chi connectivity index (χ3n) is 4.85. The predicted molar refractivity (Wildman–Crippen MR) is 81.3 cm³/mol. The lowest BCUT2D eigenvalue weighted by Gasteiger charge is -2.47. The Labute approximate surface area is 126 Å². The molecule has 2 aliphatic heterocycles. The molecule has 0 spiro atoms. The molecule has 116 valence electrons. The molecule has 0 aromatic carbocycles. The summed E-state index contributed by atoms with van der Waals surface area (Å²) in [7, 11) is 1.87. The molecule has 0 aliphatic carbocycles. The van der Waals surface area contributed by atoms with Crippen LogP contribution in [0.15, 0.2) is 6.07 Å². The fraction of sp³-hybridized carbons (Fsp3) is 0.733. The molecule has 0 radical (unpaired) electrons. The first kappa shape index (κ1) is 14.5. The number of carbonyl (C=O) groups is 1. The first-order valence-corrected chi connectivity index (χ1v) is 7.84. The number of likely N-dealkylation sites (N-methyl/N-ethyl adjacent to an activating group) is 1. The van der Waals surface area contributed by atoms with Gasteiger partial charge in [0.05, 0.1) is 0 Å². The maximum atomic E-state index is 12.3. The largest absolute Gasteiger partial charge is 0.334 e. The molecule has 0 unspecified atom stereocenters. The van der Waals surface area contributed by atoms with Gasteiger partial charge in [-0.15, -0.1) is 0 Å². The van der Waals surface area contributed by atoms with Crippen molar-refractivity contribution in [1.29, 1.82) is 0 Å². The zero-order chi connectivity index (χ0) is 15.0.